The van der Waals surface area contributed by atoms with Gasteiger partial charge in [0.15, 0.2) is 0 Å². The molecule has 5 heteroatoms. The highest BCUT2D eigenvalue weighted by molar-refractivity contribution is 5.67. The Morgan fingerprint density at radius 2 is 1.65 bits per heavy atom. The summed E-state index contributed by atoms with van der Waals surface area (Å²) >= 11 is 0. The molecule has 1 aliphatic carbocycles. The van der Waals surface area contributed by atoms with Gasteiger partial charge >= 0.3 is 6.09 Å². The van der Waals surface area contributed by atoms with Crippen molar-refractivity contribution in [2.45, 2.75) is 65.9 Å². The number of aliphatic hydroxyl groups is 1. The third-order valence-corrected chi connectivity index (χ3v) is 2.66. The molecule has 1 aliphatic rings. The van der Waals surface area contributed by atoms with Crippen molar-refractivity contribution in [3.8, 4) is 0 Å². The van der Waals surface area contributed by atoms with Gasteiger partial charge in [0.25, 0.3) is 0 Å². The second kappa shape index (κ2) is 14.3. The van der Waals surface area contributed by atoms with Gasteiger partial charge < -0.3 is 20.0 Å². The Morgan fingerprint density at radius 1 is 1.20 bits per heavy atom. The minimum absolute atomic E-state index is 0. The lowest BCUT2D eigenvalue weighted by atomic mass is 9.89. The van der Waals surface area contributed by atoms with Crippen molar-refractivity contribution in [2.24, 2.45) is 5.92 Å². The molecule has 0 radical (unpaired) electrons. The lowest BCUT2D eigenvalue weighted by Gasteiger charge is -2.24. The molecule has 0 heterocycles. The van der Waals surface area contributed by atoms with Crippen molar-refractivity contribution in [1.29, 1.82) is 0 Å². The Balaban J connectivity index is -0.000000529. The van der Waals surface area contributed by atoms with Crippen LogP contribution >= 0.6 is 0 Å². The van der Waals surface area contributed by atoms with Gasteiger partial charge in [0.2, 0.25) is 0 Å². The van der Waals surface area contributed by atoms with Gasteiger partial charge in [-0.15, -0.1) is 0 Å². The van der Waals surface area contributed by atoms with E-state index in [2.05, 4.69) is 5.32 Å². The van der Waals surface area contributed by atoms with E-state index in [1.165, 1.54) is 32.1 Å². The number of ether oxygens (including phenoxy) is 1. The van der Waals surface area contributed by atoms with Gasteiger partial charge in [-0.25, -0.2) is 4.79 Å². The smallest absolute Gasteiger partial charge is 0.407 e. The minimum atomic E-state index is -0.392. The summed E-state index contributed by atoms with van der Waals surface area (Å²) in [5.74, 6) is 0.659. The Bertz CT molecular complexity index is 220. The van der Waals surface area contributed by atoms with Gasteiger partial charge in [0.1, 0.15) is 12.4 Å². The number of carbonyl (C=O) groups excluding carboxylic acids is 2. The number of carbonyl (C=O) groups is 2. The first kappa shape index (κ1) is 24.0. The molecule has 0 aliphatic heterocycles. The Hall–Kier alpha value is -1.10. The van der Waals surface area contributed by atoms with Crippen LogP contribution in [0.3, 0.4) is 0 Å². The molecule has 20 heavy (non-hydrogen) atoms. The van der Waals surface area contributed by atoms with Crippen LogP contribution in [-0.2, 0) is 9.53 Å². The molecule has 0 aromatic heterocycles. The SMILES string of the molecule is C.C=O.CC(C)(C)OC(=O)NCC1CCCCC1.CO. The standard InChI is InChI=1S/C12H23NO2.CH4O.CH2O.CH4/c1-12(2,3)15-11(14)13-9-10-7-5-4-6-8-10;2*1-2;/h10H,4-9H2,1-3H3,(H,13,14);2H,1H3;1H2;1H4. The molecule has 1 fully saturated rings. The summed E-state index contributed by atoms with van der Waals surface area (Å²) in [7, 11) is 1.00. The van der Waals surface area contributed by atoms with Crippen LogP contribution in [0.15, 0.2) is 0 Å². The lowest BCUT2D eigenvalue weighted by molar-refractivity contribution is -0.0980. The predicted molar refractivity (Wildman–Crippen MR) is 82.8 cm³/mol. The van der Waals surface area contributed by atoms with Crippen molar-refractivity contribution in [3.05, 3.63) is 0 Å². The van der Waals surface area contributed by atoms with Gasteiger partial charge in [-0.2, -0.15) is 0 Å². The average Bonchev–Trinajstić information content (AvgIpc) is 2.40. The van der Waals surface area contributed by atoms with Gasteiger partial charge in [-0.3, -0.25) is 0 Å². The average molecular weight is 291 g/mol. The van der Waals surface area contributed by atoms with Gasteiger partial charge in [0.05, 0.1) is 0 Å². The fourth-order valence-electron chi connectivity index (χ4n) is 1.93. The highest BCUT2D eigenvalue weighted by Crippen LogP contribution is 2.22. The van der Waals surface area contributed by atoms with Crippen molar-refractivity contribution in [1.82, 2.24) is 5.32 Å². The van der Waals surface area contributed by atoms with Crippen LogP contribution < -0.4 is 5.32 Å². The molecule has 1 saturated carbocycles. The van der Waals surface area contributed by atoms with Crippen molar-refractivity contribution >= 4 is 12.9 Å². The number of rotatable bonds is 2. The number of alkyl carbamates (subject to hydrolysis) is 1. The molecule has 1 rings (SSSR count). The van der Waals surface area contributed by atoms with Gasteiger partial charge in [0, 0.05) is 13.7 Å². The normalized spacial score (nSPS) is 14.4. The molecule has 5 nitrogen and oxygen atoms in total. The van der Waals surface area contributed by atoms with Crippen molar-refractivity contribution < 1.29 is 19.4 Å². The maximum atomic E-state index is 11.4. The van der Waals surface area contributed by atoms with Crippen LogP contribution in [0.1, 0.15) is 60.3 Å². The second-order valence-corrected chi connectivity index (χ2v) is 5.39. The number of amides is 1. The van der Waals surface area contributed by atoms with Crippen LogP contribution in [0.4, 0.5) is 4.79 Å². The Morgan fingerprint density at radius 3 is 2.05 bits per heavy atom. The predicted octanol–water partition coefficient (Wildman–Crippen LogP) is 3.15. The fourth-order valence-corrected chi connectivity index (χ4v) is 1.93. The van der Waals surface area contributed by atoms with Gasteiger partial charge in [-0.1, -0.05) is 26.7 Å². The molecule has 0 aromatic carbocycles. The molecule has 1 amide bonds. The zero-order valence-electron chi connectivity index (χ0n) is 12.7. The third-order valence-electron chi connectivity index (χ3n) is 2.66. The van der Waals surface area contributed by atoms with Gasteiger partial charge in [-0.05, 0) is 39.5 Å². The Kier molecular flexibility index (Phi) is 17.1. The van der Waals surface area contributed by atoms with E-state index in [4.69, 9.17) is 14.6 Å². The molecule has 0 aromatic rings. The molecule has 0 atom stereocenters. The summed E-state index contributed by atoms with van der Waals surface area (Å²) < 4.78 is 5.18. The van der Waals surface area contributed by atoms with E-state index in [9.17, 15) is 4.79 Å². The summed E-state index contributed by atoms with van der Waals surface area (Å²) in [4.78, 5) is 19.4. The van der Waals surface area contributed by atoms with Crippen LogP contribution in [-0.4, -0.2) is 37.2 Å². The largest absolute Gasteiger partial charge is 0.444 e. The first-order chi connectivity index (χ1) is 8.97. The summed E-state index contributed by atoms with van der Waals surface area (Å²) in [6.45, 7) is 8.42. The van der Waals surface area contributed by atoms with E-state index < -0.39 is 5.60 Å². The molecule has 0 saturated heterocycles. The highest BCUT2D eigenvalue weighted by Gasteiger charge is 2.18. The topological polar surface area (TPSA) is 75.6 Å². The van der Waals surface area contributed by atoms with Crippen LogP contribution in [0.25, 0.3) is 0 Å². The van der Waals surface area contributed by atoms with E-state index >= 15 is 0 Å². The maximum absolute atomic E-state index is 11.4. The summed E-state index contributed by atoms with van der Waals surface area (Å²) in [6.07, 6.45) is 6.17. The quantitative estimate of drug-likeness (QED) is 0.819. The maximum Gasteiger partial charge on any atom is 0.407 e. The molecule has 0 unspecified atom stereocenters. The zero-order valence-corrected chi connectivity index (χ0v) is 12.7. The Labute approximate surface area is 124 Å². The lowest BCUT2D eigenvalue weighted by Crippen LogP contribution is -2.35. The molecular weight excluding hydrogens is 258 g/mol. The summed E-state index contributed by atoms with van der Waals surface area (Å²) in [5.41, 5.74) is -0.392. The van der Waals surface area contributed by atoms with Crippen LogP contribution in [0.2, 0.25) is 0 Å². The molecule has 122 valence electrons. The van der Waals surface area contributed by atoms with Crippen molar-refractivity contribution in [3.63, 3.8) is 0 Å². The molecule has 2 N–H and O–H groups in total. The van der Waals surface area contributed by atoms with E-state index in [-0.39, 0.29) is 13.5 Å². The number of hydrogen-bond donors (Lipinski definition) is 2. The number of nitrogens with one attached hydrogen (secondary N) is 1. The van der Waals surface area contributed by atoms with Crippen LogP contribution in [0, 0.1) is 5.92 Å². The minimum Gasteiger partial charge on any atom is -0.444 e. The van der Waals surface area contributed by atoms with E-state index in [1.54, 1.807) is 0 Å². The number of aliphatic hydroxyl groups excluding tert-OH is 1. The third kappa shape index (κ3) is 15.0. The highest BCUT2D eigenvalue weighted by atomic mass is 16.6. The van der Waals surface area contributed by atoms with Crippen molar-refractivity contribution in [2.75, 3.05) is 13.7 Å². The zero-order chi connectivity index (χ0) is 15.3. The summed E-state index contributed by atoms with van der Waals surface area (Å²) in [5, 5.41) is 9.85. The monoisotopic (exact) mass is 291 g/mol. The molecule has 0 spiro atoms. The molecule has 0 bridgehead atoms. The van der Waals surface area contributed by atoms with E-state index in [0.29, 0.717) is 5.92 Å². The molecular formula is C15H33NO4. The summed E-state index contributed by atoms with van der Waals surface area (Å²) in [6, 6.07) is 0. The van der Waals surface area contributed by atoms with E-state index in [1.807, 2.05) is 27.6 Å². The van der Waals surface area contributed by atoms with Crippen LogP contribution in [0.5, 0.6) is 0 Å². The second-order valence-electron chi connectivity index (χ2n) is 5.39. The first-order valence-corrected chi connectivity index (χ1v) is 6.68. The first-order valence-electron chi connectivity index (χ1n) is 6.68. The van der Waals surface area contributed by atoms with E-state index in [0.717, 1.165) is 13.7 Å². The fraction of sp³-hybridized carbons (Fsp3) is 0.867. The number of hydrogen-bond acceptors (Lipinski definition) is 4.